The molecule has 39 heavy (non-hydrogen) atoms. The first-order chi connectivity index (χ1) is 18.8. The predicted octanol–water partition coefficient (Wildman–Crippen LogP) is 7.94. The molecule has 1 atom stereocenters. The summed E-state index contributed by atoms with van der Waals surface area (Å²) >= 11 is 0. The van der Waals surface area contributed by atoms with Crippen LogP contribution in [0.4, 0.5) is 11.4 Å². The molecule has 0 aromatic heterocycles. The van der Waals surface area contributed by atoms with Crippen molar-refractivity contribution < 1.29 is 9.31 Å². The smallest absolute Gasteiger partial charge is 0.217 e. The minimum Gasteiger partial charge on any atom is -0.497 e. The lowest BCUT2D eigenvalue weighted by Crippen LogP contribution is -2.29. The second-order valence-electron chi connectivity index (χ2n) is 11.6. The van der Waals surface area contributed by atoms with E-state index in [0.29, 0.717) is 0 Å². The molecule has 0 saturated heterocycles. The molecule has 0 fully saturated rings. The number of likely N-dealkylation sites (N-methyl/N-ethyl adjacent to an activating group) is 1. The van der Waals surface area contributed by atoms with Crippen molar-refractivity contribution in [3.8, 4) is 5.75 Å². The fourth-order valence-corrected chi connectivity index (χ4v) is 6.85. The number of ether oxygens (including phenoxy) is 1. The third-order valence-electron chi connectivity index (χ3n) is 8.91. The van der Waals surface area contributed by atoms with Gasteiger partial charge in [0.05, 0.1) is 17.9 Å². The Hall–Kier alpha value is -4.11. The summed E-state index contributed by atoms with van der Waals surface area (Å²) in [7, 11) is 6.13. The van der Waals surface area contributed by atoms with Crippen molar-refractivity contribution in [2.45, 2.75) is 38.0 Å². The Bertz CT molecular complexity index is 1680. The van der Waals surface area contributed by atoms with E-state index in [9.17, 15) is 0 Å². The Morgan fingerprint density at radius 1 is 0.872 bits per heavy atom. The van der Waals surface area contributed by atoms with Crippen molar-refractivity contribution in [1.82, 2.24) is 0 Å². The zero-order valence-electron chi connectivity index (χ0n) is 23.8. The van der Waals surface area contributed by atoms with Gasteiger partial charge in [0.15, 0.2) is 5.71 Å². The summed E-state index contributed by atoms with van der Waals surface area (Å²) < 4.78 is 8.02. The Morgan fingerprint density at radius 3 is 2.38 bits per heavy atom. The number of methoxy groups -OCH3 is 1. The summed E-state index contributed by atoms with van der Waals surface area (Å²) in [6.45, 7) is 7.03. The van der Waals surface area contributed by atoms with Gasteiger partial charge in [-0.2, -0.15) is 4.58 Å². The highest BCUT2D eigenvalue weighted by Gasteiger charge is 2.44. The standard InChI is InChI=1S/C36H37N2O/c1-35(2)29-21-19-26-15-10-11-16-28(26)34(29)38(5)32(35)17-12-18-33-36(3,24-25-13-8-7-9-14-25)30-23-27(39-6)20-22-31(30)37(33)4/h7-23H,24H2,1-6H3/q+1. The molecule has 2 aliphatic rings. The number of hydrogen-bond donors (Lipinski definition) is 0. The predicted molar refractivity (Wildman–Crippen MR) is 164 cm³/mol. The maximum absolute atomic E-state index is 5.64. The topological polar surface area (TPSA) is 15.5 Å². The summed E-state index contributed by atoms with van der Waals surface area (Å²) in [5, 5.41) is 2.59. The van der Waals surface area contributed by atoms with Gasteiger partial charge in [-0.15, -0.1) is 0 Å². The van der Waals surface area contributed by atoms with Crippen molar-refractivity contribution in [2.75, 3.05) is 26.1 Å². The molecule has 0 spiro atoms. The van der Waals surface area contributed by atoms with Crippen molar-refractivity contribution in [3.63, 3.8) is 0 Å². The highest BCUT2D eigenvalue weighted by Crippen LogP contribution is 2.50. The number of nitrogens with zero attached hydrogens (tertiary/aromatic N) is 2. The van der Waals surface area contributed by atoms with Crippen LogP contribution in [0.5, 0.6) is 5.75 Å². The summed E-state index contributed by atoms with van der Waals surface area (Å²) in [6, 6.07) is 30.5. The van der Waals surface area contributed by atoms with Crippen LogP contribution < -0.4 is 9.64 Å². The number of allylic oxidation sites excluding steroid dienone is 4. The Balaban J connectivity index is 1.44. The van der Waals surface area contributed by atoms with Gasteiger partial charge in [-0.05, 0) is 74.0 Å². The molecule has 0 N–H and O–H groups in total. The van der Waals surface area contributed by atoms with Crippen molar-refractivity contribution >= 4 is 27.9 Å². The van der Waals surface area contributed by atoms with Gasteiger partial charge in [0.25, 0.3) is 0 Å². The molecule has 0 aliphatic carbocycles. The van der Waals surface area contributed by atoms with E-state index in [1.165, 1.54) is 50.2 Å². The van der Waals surface area contributed by atoms with Gasteiger partial charge in [-0.3, -0.25) is 0 Å². The van der Waals surface area contributed by atoms with Gasteiger partial charge in [0, 0.05) is 35.5 Å². The maximum atomic E-state index is 5.64. The molecule has 3 heteroatoms. The van der Waals surface area contributed by atoms with Crippen LogP contribution >= 0.6 is 0 Å². The van der Waals surface area contributed by atoms with E-state index in [0.717, 1.165) is 12.2 Å². The molecule has 0 bridgehead atoms. The van der Waals surface area contributed by atoms with Crippen LogP contribution in [0.15, 0.2) is 109 Å². The normalized spacial score (nSPS) is 20.8. The summed E-state index contributed by atoms with van der Waals surface area (Å²) in [5.74, 6) is 0.896. The summed E-state index contributed by atoms with van der Waals surface area (Å²) in [4.78, 5) is 2.35. The van der Waals surface area contributed by atoms with E-state index in [1.54, 1.807) is 7.11 Å². The lowest BCUT2D eigenvalue weighted by molar-refractivity contribution is -0.399. The highest BCUT2D eigenvalue weighted by molar-refractivity contribution is 6.07. The van der Waals surface area contributed by atoms with Crippen LogP contribution in [0.25, 0.3) is 10.8 Å². The first-order valence-electron chi connectivity index (χ1n) is 13.7. The minimum atomic E-state index is -0.189. The number of benzene rings is 4. The van der Waals surface area contributed by atoms with Gasteiger partial charge in [-0.1, -0.05) is 66.7 Å². The fourth-order valence-electron chi connectivity index (χ4n) is 6.85. The molecule has 2 aliphatic heterocycles. The zero-order chi connectivity index (χ0) is 27.4. The largest absolute Gasteiger partial charge is 0.497 e. The highest BCUT2D eigenvalue weighted by atomic mass is 16.5. The SMILES string of the molecule is COc1ccc2c(c1)C(C)(Cc1ccccc1)/C(=C\C=C\C1=[N+](C)c3c(ccc4ccccc34)C1(C)C)N2C. The van der Waals surface area contributed by atoms with Gasteiger partial charge < -0.3 is 9.64 Å². The van der Waals surface area contributed by atoms with Crippen LogP contribution in [-0.2, 0) is 17.3 Å². The van der Waals surface area contributed by atoms with E-state index in [1.807, 2.05) is 0 Å². The molecule has 6 rings (SSSR count). The monoisotopic (exact) mass is 513 g/mol. The van der Waals surface area contributed by atoms with Gasteiger partial charge >= 0.3 is 0 Å². The number of rotatable bonds is 5. The first kappa shape index (κ1) is 25.2. The van der Waals surface area contributed by atoms with Crippen LogP contribution in [0, 0.1) is 0 Å². The molecular weight excluding hydrogens is 476 g/mol. The van der Waals surface area contributed by atoms with Crippen molar-refractivity contribution in [1.29, 1.82) is 0 Å². The van der Waals surface area contributed by atoms with E-state index >= 15 is 0 Å². The average molecular weight is 514 g/mol. The molecule has 3 nitrogen and oxygen atoms in total. The third-order valence-corrected chi connectivity index (χ3v) is 8.91. The molecule has 0 radical (unpaired) electrons. The fraction of sp³-hybridized carbons (Fsp3) is 0.250. The molecule has 0 amide bonds. The summed E-state index contributed by atoms with van der Waals surface area (Å²) in [6.07, 6.45) is 7.78. The van der Waals surface area contributed by atoms with Crippen molar-refractivity contribution in [3.05, 3.63) is 126 Å². The second-order valence-corrected chi connectivity index (χ2v) is 11.6. The van der Waals surface area contributed by atoms with Crippen LogP contribution in [0.3, 0.4) is 0 Å². The molecule has 0 saturated carbocycles. The van der Waals surface area contributed by atoms with E-state index in [2.05, 4.69) is 147 Å². The molecule has 4 aromatic rings. The Labute approximate surface area is 232 Å². The van der Waals surface area contributed by atoms with E-state index < -0.39 is 0 Å². The average Bonchev–Trinajstić information content (AvgIpc) is 3.27. The molecule has 2 heterocycles. The van der Waals surface area contributed by atoms with Gasteiger partial charge in [0.1, 0.15) is 12.8 Å². The number of anilines is 1. The molecule has 4 aromatic carbocycles. The number of fused-ring (bicyclic) bond motifs is 4. The van der Waals surface area contributed by atoms with Crippen LogP contribution in [0.2, 0.25) is 0 Å². The second kappa shape index (κ2) is 9.27. The summed E-state index contributed by atoms with van der Waals surface area (Å²) in [5.41, 5.74) is 8.87. The first-order valence-corrected chi connectivity index (χ1v) is 13.7. The minimum absolute atomic E-state index is 0.0889. The Morgan fingerprint density at radius 2 is 1.62 bits per heavy atom. The van der Waals surface area contributed by atoms with E-state index in [4.69, 9.17) is 4.74 Å². The van der Waals surface area contributed by atoms with Gasteiger partial charge in [-0.25, -0.2) is 0 Å². The number of hydrogen-bond acceptors (Lipinski definition) is 2. The zero-order valence-corrected chi connectivity index (χ0v) is 23.8. The Kier molecular flexibility index (Phi) is 5.99. The van der Waals surface area contributed by atoms with E-state index in [-0.39, 0.29) is 10.8 Å². The van der Waals surface area contributed by atoms with Crippen LogP contribution in [-0.4, -0.2) is 31.5 Å². The van der Waals surface area contributed by atoms with Crippen molar-refractivity contribution in [2.24, 2.45) is 0 Å². The third kappa shape index (κ3) is 3.91. The lowest BCUT2D eigenvalue weighted by atomic mass is 9.76. The molecule has 1 unspecified atom stereocenters. The lowest BCUT2D eigenvalue weighted by Gasteiger charge is -2.29. The molecule has 196 valence electrons. The molecular formula is C36H37N2O+. The quantitative estimate of drug-likeness (QED) is 0.252. The van der Waals surface area contributed by atoms with Gasteiger partial charge in [0.2, 0.25) is 5.69 Å². The maximum Gasteiger partial charge on any atom is 0.217 e. The van der Waals surface area contributed by atoms with Crippen LogP contribution in [0.1, 0.15) is 37.5 Å².